The number of aliphatic hydroxyl groups is 1. The minimum atomic E-state index is 0.199. The molecule has 3 nitrogen and oxygen atoms in total. The molecular formula is C17H25NO2. The van der Waals surface area contributed by atoms with Gasteiger partial charge in [0.05, 0.1) is 6.54 Å². The summed E-state index contributed by atoms with van der Waals surface area (Å²) in [5, 5.41) is 8.96. The number of aliphatic hydroxyl groups excluding tert-OH is 1. The molecule has 0 amide bonds. The predicted molar refractivity (Wildman–Crippen MR) is 81.1 cm³/mol. The normalized spacial score (nSPS) is 19.7. The number of carbonyl (C=O) groups is 1. The number of ketones is 1. The smallest absolute Gasteiger partial charge is 0.176 e. The number of hydrogen-bond acceptors (Lipinski definition) is 3. The van der Waals surface area contributed by atoms with Crippen LogP contribution in [0.3, 0.4) is 0 Å². The van der Waals surface area contributed by atoms with E-state index in [1.165, 1.54) is 5.56 Å². The van der Waals surface area contributed by atoms with Gasteiger partial charge in [-0.1, -0.05) is 38.1 Å². The van der Waals surface area contributed by atoms with Crippen molar-refractivity contribution in [1.29, 1.82) is 0 Å². The minimum absolute atomic E-state index is 0.199. The van der Waals surface area contributed by atoms with Crippen LogP contribution in [-0.4, -0.2) is 42.0 Å². The molecule has 1 heterocycles. The van der Waals surface area contributed by atoms with Crippen LogP contribution in [0, 0.1) is 5.92 Å². The predicted octanol–water partition coefficient (Wildman–Crippen LogP) is 2.70. The third-order valence-electron chi connectivity index (χ3n) is 4.17. The average Bonchev–Trinajstić information content (AvgIpc) is 2.86. The van der Waals surface area contributed by atoms with Crippen LogP contribution in [-0.2, 0) is 0 Å². The summed E-state index contributed by atoms with van der Waals surface area (Å²) in [6.45, 7) is 6.98. The molecule has 3 heteroatoms. The third-order valence-corrected chi connectivity index (χ3v) is 4.17. The molecule has 0 saturated carbocycles. The van der Waals surface area contributed by atoms with E-state index >= 15 is 0 Å². The van der Waals surface area contributed by atoms with Crippen LogP contribution in [0.4, 0.5) is 0 Å². The summed E-state index contributed by atoms with van der Waals surface area (Å²) >= 11 is 0. The van der Waals surface area contributed by atoms with E-state index < -0.39 is 0 Å². The Hall–Kier alpha value is -1.19. The summed E-state index contributed by atoms with van der Waals surface area (Å²) in [6, 6.07) is 7.99. The van der Waals surface area contributed by atoms with Crippen molar-refractivity contribution in [2.45, 2.75) is 32.6 Å². The van der Waals surface area contributed by atoms with Gasteiger partial charge in [0.2, 0.25) is 0 Å². The maximum atomic E-state index is 12.3. The topological polar surface area (TPSA) is 40.5 Å². The fourth-order valence-electron chi connectivity index (χ4n) is 2.82. The van der Waals surface area contributed by atoms with Crippen molar-refractivity contribution < 1.29 is 9.90 Å². The van der Waals surface area contributed by atoms with Gasteiger partial charge in [0, 0.05) is 18.7 Å². The second-order valence-corrected chi connectivity index (χ2v) is 6.10. The first kappa shape index (κ1) is 15.2. The van der Waals surface area contributed by atoms with E-state index in [1.54, 1.807) is 0 Å². The van der Waals surface area contributed by atoms with Gasteiger partial charge in [-0.25, -0.2) is 0 Å². The molecule has 2 rings (SSSR count). The van der Waals surface area contributed by atoms with Gasteiger partial charge < -0.3 is 5.11 Å². The number of Topliss-reactive ketones (excluding diaryl/α,β-unsaturated/α-hetero) is 1. The summed E-state index contributed by atoms with van der Waals surface area (Å²) in [7, 11) is 0. The molecule has 1 N–H and O–H groups in total. The number of benzene rings is 1. The fraction of sp³-hybridized carbons (Fsp3) is 0.588. The SMILES string of the molecule is CC(C)c1ccc(C(=O)CN2CCC(CCO)C2)cc1. The summed E-state index contributed by atoms with van der Waals surface area (Å²) < 4.78 is 0. The molecule has 0 spiro atoms. The standard InChI is InChI=1S/C17H25NO2/c1-13(2)15-3-5-16(6-4-15)17(20)12-18-9-7-14(11-18)8-10-19/h3-6,13-14,19H,7-12H2,1-2H3. The van der Waals surface area contributed by atoms with Crippen molar-refractivity contribution in [2.75, 3.05) is 26.2 Å². The first-order valence-electron chi connectivity index (χ1n) is 7.56. The van der Waals surface area contributed by atoms with Gasteiger partial charge >= 0.3 is 0 Å². The summed E-state index contributed by atoms with van der Waals surface area (Å²) in [6.07, 6.45) is 1.95. The van der Waals surface area contributed by atoms with E-state index in [-0.39, 0.29) is 12.4 Å². The monoisotopic (exact) mass is 275 g/mol. The Morgan fingerprint density at radius 3 is 2.65 bits per heavy atom. The first-order valence-corrected chi connectivity index (χ1v) is 7.56. The molecule has 20 heavy (non-hydrogen) atoms. The van der Waals surface area contributed by atoms with Gasteiger partial charge in [-0.3, -0.25) is 9.69 Å². The lowest BCUT2D eigenvalue weighted by Crippen LogP contribution is -2.28. The third kappa shape index (κ3) is 3.90. The van der Waals surface area contributed by atoms with Gasteiger partial charge in [0.1, 0.15) is 0 Å². The number of carbonyl (C=O) groups excluding carboxylic acids is 1. The molecule has 1 aliphatic heterocycles. The lowest BCUT2D eigenvalue weighted by Gasteiger charge is -2.15. The van der Waals surface area contributed by atoms with E-state index in [9.17, 15) is 4.79 Å². The van der Waals surface area contributed by atoms with E-state index in [4.69, 9.17) is 5.11 Å². The summed E-state index contributed by atoms with van der Waals surface area (Å²) in [4.78, 5) is 14.5. The van der Waals surface area contributed by atoms with Crippen molar-refractivity contribution in [1.82, 2.24) is 4.90 Å². The van der Waals surface area contributed by atoms with E-state index in [0.29, 0.717) is 18.4 Å². The highest BCUT2D eigenvalue weighted by molar-refractivity contribution is 5.97. The Labute approximate surface area is 121 Å². The zero-order valence-corrected chi connectivity index (χ0v) is 12.5. The molecule has 110 valence electrons. The van der Waals surface area contributed by atoms with E-state index in [2.05, 4.69) is 30.9 Å². The molecule has 1 saturated heterocycles. The molecule has 0 aromatic heterocycles. The second-order valence-electron chi connectivity index (χ2n) is 6.10. The Kier molecular flexibility index (Phi) is 5.32. The zero-order chi connectivity index (χ0) is 14.5. The quantitative estimate of drug-likeness (QED) is 0.812. The van der Waals surface area contributed by atoms with Crippen molar-refractivity contribution in [2.24, 2.45) is 5.92 Å². The van der Waals surface area contributed by atoms with Crippen LogP contribution in [0.1, 0.15) is 48.5 Å². The molecule has 0 aliphatic carbocycles. The maximum absolute atomic E-state index is 12.3. The number of likely N-dealkylation sites (tertiary alicyclic amines) is 1. The highest BCUT2D eigenvalue weighted by Gasteiger charge is 2.23. The van der Waals surface area contributed by atoms with Crippen LogP contribution in [0.15, 0.2) is 24.3 Å². The first-order chi connectivity index (χ1) is 9.60. The summed E-state index contributed by atoms with van der Waals surface area (Å²) in [5.74, 6) is 1.25. The minimum Gasteiger partial charge on any atom is -0.396 e. The Morgan fingerprint density at radius 2 is 2.05 bits per heavy atom. The number of hydrogen-bond donors (Lipinski definition) is 1. The fourth-order valence-corrected chi connectivity index (χ4v) is 2.82. The Morgan fingerprint density at radius 1 is 1.35 bits per heavy atom. The van der Waals surface area contributed by atoms with Crippen LogP contribution in [0.5, 0.6) is 0 Å². The Bertz CT molecular complexity index is 439. The molecule has 1 atom stereocenters. The van der Waals surface area contributed by atoms with Gasteiger partial charge in [0.15, 0.2) is 5.78 Å². The van der Waals surface area contributed by atoms with Crippen LogP contribution >= 0.6 is 0 Å². The molecule has 1 unspecified atom stereocenters. The van der Waals surface area contributed by atoms with Gasteiger partial charge in [-0.2, -0.15) is 0 Å². The molecule has 0 bridgehead atoms. The van der Waals surface area contributed by atoms with Crippen LogP contribution in [0.2, 0.25) is 0 Å². The molecular weight excluding hydrogens is 250 g/mol. The highest BCUT2D eigenvalue weighted by Crippen LogP contribution is 2.20. The maximum Gasteiger partial charge on any atom is 0.176 e. The largest absolute Gasteiger partial charge is 0.396 e. The molecule has 0 radical (unpaired) electrons. The van der Waals surface area contributed by atoms with E-state index in [0.717, 1.165) is 31.5 Å². The van der Waals surface area contributed by atoms with Crippen molar-refractivity contribution >= 4 is 5.78 Å². The lowest BCUT2D eigenvalue weighted by atomic mass is 10.0. The summed E-state index contributed by atoms with van der Waals surface area (Å²) in [5.41, 5.74) is 2.07. The molecule has 1 aliphatic rings. The second kappa shape index (κ2) is 7.00. The van der Waals surface area contributed by atoms with Crippen molar-refractivity contribution in [3.8, 4) is 0 Å². The zero-order valence-electron chi connectivity index (χ0n) is 12.5. The van der Waals surface area contributed by atoms with Crippen LogP contribution in [0.25, 0.3) is 0 Å². The molecule has 1 aromatic carbocycles. The molecule has 1 fully saturated rings. The lowest BCUT2D eigenvalue weighted by molar-refractivity contribution is 0.0942. The highest BCUT2D eigenvalue weighted by atomic mass is 16.3. The van der Waals surface area contributed by atoms with Gasteiger partial charge in [-0.05, 0) is 36.8 Å². The van der Waals surface area contributed by atoms with Crippen molar-refractivity contribution in [3.05, 3.63) is 35.4 Å². The van der Waals surface area contributed by atoms with Gasteiger partial charge in [-0.15, -0.1) is 0 Å². The van der Waals surface area contributed by atoms with E-state index in [1.807, 2.05) is 12.1 Å². The van der Waals surface area contributed by atoms with Crippen LogP contribution < -0.4 is 0 Å². The van der Waals surface area contributed by atoms with Gasteiger partial charge in [0.25, 0.3) is 0 Å². The average molecular weight is 275 g/mol. The molecule has 1 aromatic rings. The number of rotatable bonds is 6. The Balaban J connectivity index is 1.89. The number of nitrogens with zero attached hydrogens (tertiary/aromatic N) is 1. The van der Waals surface area contributed by atoms with Crippen molar-refractivity contribution in [3.63, 3.8) is 0 Å².